The molecule has 21 heavy (non-hydrogen) atoms. The Hall–Kier alpha value is -2.40. The van der Waals surface area contributed by atoms with Crippen LogP contribution in [0.4, 0.5) is 0 Å². The first-order chi connectivity index (χ1) is 10.1. The number of aromatic hydroxyl groups is 1. The summed E-state index contributed by atoms with van der Waals surface area (Å²) in [6.07, 6.45) is 0. The van der Waals surface area contributed by atoms with Crippen LogP contribution in [0.5, 0.6) is 17.2 Å². The SMILES string of the molecule is COc1cc(O)c(/C(=N/N)c2ccc(Cl)cc2)c(OC)c1. The van der Waals surface area contributed by atoms with Crippen molar-refractivity contribution in [2.24, 2.45) is 10.9 Å². The number of ether oxygens (including phenoxy) is 2. The molecule has 110 valence electrons. The summed E-state index contributed by atoms with van der Waals surface area (Å²) in [6, 6.07) is 10.1. The molecule has 5 nitrogen and oxygen atoms in total. The number of methoxy groups -OCH3 is 2. The van der Waals surface area contributed by atoms with E-state index in [4.69, 9.17) is 26.9 Å². The Morgan fingerprint density at radius 2 is 1.81 bits per heavy atom. The minimum Gasteiger partial charge on any atom is -0.507 e. The number of benzene rings is 2. The van der Waals surface area contributed by atoms with Crippen LogP contribution in [0, 0.1) is 0 Å². The highest BCUT2D eigenvalue weighted by Crippen LogP contribution is 2.35. The molecule has 0 atom stereocenters. The fraction of sp³-hybridized carbons (Fsp3) is 0.133. The normalized spacial score (nSPS) is 11.3. The minimum absolute atomic E-state index is 0.0367. The molecule has 6 heteroatoms. The molecule has 0 spiro atoms. The van der Waals surface area contributed by atoms with Crippen LogP contribution < -0.4 is 15.3 Å². The van der Waals surface area contributed by atoms with Crippen molar-refractivity contribution in [3.8, 4) is 17.2 Å². The van der Waals surface area contributed by atoms with Crippen LogP contribution in [-0.4, -0.2) is 25.0 Å². The fourth-order valence-corrected chi connectivity index (χ4v) is 2.11. The van der Waals surface area contributed by atoms with E-state index in [1.807, 2.05) is 0 Å². The highest BCUT2D eigenvalue weighted by Gasteiger charge is 2.19. The summed E-state index contributed by atoms with van der Waals surface area (Å²) in [5.41, 5.74) is 1.49. The molecule has 0 amide bonds. The Kier molecular flexibility index (Phi) is 4.55. The molecule has 0 aliphatic carbocycles. The Balaban J connectivity index is 2.60. The molecule has 0 saturated heterocycles. The summed E-state index contributed by atoms with van der Waals surface area (Å²) >= 11 is 5.87. The smallest absolute Gasteiger partial charge is 0.135 e. The molecule has 0 aliphatic rings. The van der Waals surface area contributed by atoms with Crippen molar-refractivity contribution in [1.29, 1.82) is 0 Å². The van der Waals surface area contributed by atoms with Gasteiger partial charge < -0.3 is 20.4 Å². The van der Waals surface area contributed by atoms with Gasteiger partial charge in [-0.15, -0.1) is 0 Å². The number of rotatable bonds is 4. The van der Waals surface area contributed by atoms with Gasteiger partial charge in [-0.1, -0.05) is 23.7 Å². The molecule has 2 aromatic rings. The van der Waals surface area contributed by atoms with E-state index in [1.165, 1.54) is 20.3 Å². The van der Waals surface area contributed by atoms with Crippen molar-refractivity contribution in [2.45, 2.75) is 0 Å². The van der Waals surface area contributed by atoms with Gasteiger partial charge in [0.05, 0.1) is 19.8 Å². The minimum atomic E-state index is -0.0367. The van der Waals surface area contributed by atoms with Crippen molar-refractivity contribution in [2.75, 3.05) is 14.2 Å². The van der Waals surface area contributed by atoms with E-state index in [0.717, 1.165) is 0 Å². The topological polar surface area (TPSA) is 77.1 Å². The number of phenolic OH excluding ortho intramolecular Hbond substituents is 1. The van der Waals surface area contributed by atoms with E-state index in [1.54, 1.807) is 30.3 Å². The zero-order chi connectivity index (χ0) is 15.4. The molecule has 0 heterocycles. The lowest BCUT2D eigenvalue weighted by molar-refractivity contribution is 0.384. The van der Waals surface area contributed by atoms with Gasteiger partial charge in [0, 0.05) is 22.7 Å². The van der Waals surface area contributed by atoms with E-state index in [2.05, 4.69) is 5.10 Å². The van der Waals surface area contributed by atoms with Crippen LogP contribution in [0.2, 0.25) is 5.02 Å². The number of phenols is 1. The van der Waals surface area contributed by atoms with E-state index < -0.39 is 0 Å². The van der Waals surface area contributed by atoms with E-state index in [0.29, 0.717) is 33.4 Å². The predicted octanol–water partition coefficient (Wildman–Crippen LogP) is 2.77. The quantitative estimate of drug-likeness (QED) is 0.517. The third kappa shape index (κ3) is 3.03. The number of hydrazone groups is 1. The largest absolute Gasteiger partial charge is 0.507 e. The lowest BCUT2D eigenvalue weighted by Gasteiger charge is -2.14. The standard InChI is InChI=1S/C15H15ClN2O3/c1-20-11-7-12(19)14(13(8-11)21-2)15(18-17)9-3-5-10(16)6-4-9/h3-8,19H,17H2,1-2H3/b18-15+. The second-order valence-corrected chi connectivity index (χ2v) is 4.64. The first-order valence-electron chi connectivity index (χ1n) is 6.10. The lowest BCUT2D eigenvalue weighted by Crippen LogP contribution is -2.09. The maximum Gasteiger partial charge on any atom is 0.135 e. The number of nitrogens with two attached hydrogens (primary N) is 1. The number of hydrogen-bond acceptors (Lipinski definition) is 5. The second-order valence-electron chi connectivity index (χ2n) is 4.21. The predicted molar refractivity (Wildman–Crippen MR) is 82.5 cm³/mol. The van der Waals surface area contributed by atoms with Crippen molar-refractivity contribution in [3.05, 3.63) is 52.5 Å². The Labute approximate surface area is 127 Å². The molecule has 2 aromatic carbocycles. The molecule has 2 rings (SSSR count). The van der Waals surface area contributed by atoms with Crippen molar-refractivity contribution in [1.82, 2.24) is 0 Å². The van der Waals surface area contributed by atoms with Gasteiger partial charge in [-0.25, -0.2) is 0 Å². The van der Waals surface area contributed by atoms with E-state index >= 15 is 0 Å². The monoisotopic (exact) mass is 306 g/mol. The van der Waals surface area contributed by atoms with E-state index in [-0.39, 0.29) is 5.75 Å². The van der Waals surface area contributed by atoms with Crippen LogP contribution in [0.1, 0.15) is 11.1 Å². The maximum atomic E-state index is 10.2. The summed E-state index contributed by atoms with van der Waals surface area (Å²) in [5, 5.41) is 14.6. The van der Waals surface area contributed by atoms with Crippen molar-refractivity contribution < 1.29 is 14.6 Å². The molecule has 0 saturated carbocycles. The molecule has 0 fully saturated rings. The average molecular weight is 307 g/mol. The number of nitrogens with zero attached hydrogens (tertiary/aromatic N) is 1. The summed E-state index contributed by atoms with van der Waals surface area (Å²) in [7, 11) is 3.00. The number of halogens is 1. The Morgan fingerprint density at radius 1 is 1.14 bits per heavy atom. The Bertz CT molecular complexity index is 669. The van der Waals surface area contributed by atoms with Crippen LogP contribution in [0.25, 0.3) is 0 Å². The highest BCUT2D eigenvalue weighted by atomic mass is 35.5. The average Bonchev–Trinajstić information content (AvgIpc) is 2.50. The van der Waals surface area contributed by atoms with Crippen LogP contribution >= 0.6 is 11.6 Å². The summed E-state index contributed by atoms with van der Waals surface area (Å²) in [6.45, 7) is 0. The molecule has 0 unspecified atom stereocenters. The zero-order valence-electron chi connectivity index (χ0n) is 11.6. The summed E-state index contributed by atoms with van der Waals surface area (Å²) in [5.74, 6) is 6.34. The molecular formula is C15H15ClN2O3. The van der Waals surface area contributed by atoms with Gasteiger partial charge in [0.2, 0.25) is 0 Å². The second kappa shape index (κ2) is 6.37. The maximum absolute atomic E-state index is 10.2. The van der Waals surface area contributed by atoms with Gasteiger partial charge in [-0.2, -0.15) is 5.10 Å². The first kappa shape index (κ1) is 15.0. The van der Waals surface area contributed by atoms with Crippen LogP contribution in [-0.2, 0) is 0 Å². The molecule has 0 radical (unpaired) electrons. The molecule has 0 aromatic heterocycles. The first-order valence-corrected chi connectivity index (χ1v) is 6.47. The van der Waals surface area contributed by atoms with Gasteiger partial charge in [-0.3, -0.25) is 0 Å². The molecule has 3 N–H and O–H groups in total. The van der Waals surface area contributed by atoms with Gasteiger partial charge in [0.1, 0.15) is 23.0 Å². The fourth-order valence-electron chi connectivity index (χ4n) is 1.98. The highest BCUT2D eigenvalue weighted by molar-refractivity contribution is 6.30. The molecule has 0 bridgehead atoms. The van der Waals surface area contributed by atoms with Gasteiger partial charge in [-0.05, 0) is 12.1 Å². The van der Waals surface area contributed by atoms with Gasteiger partial charge in [0.25, 0.3) is 0 Å². The van der Waals surface area contributed by atoms with Crippen molar-refractivity contribution >= 4 is 17.3 Å². The summed E-state index contributed by atoms with van der Waals surface area (Å²) in [4.78, 5) is 0. The van der Waals surface area contributed by atoms with Crippen LogP contribution in [0.15, 0.2) is 41.5 Å². The molecular weight excluding hydrogens is 292 g/mol. The van der Waals surface area contributed by atoms with E-state index in [9.17, 15) is 5.11 Å². The molecule has 0 aliphatic heterocycles. The lowest BCUT2D eigenvalue weighted by atomic mass is 10.00. The third-order valence-electron chi connectivity index (χ3n) is 2.99. The van der Waals surface area contributed by atoms with Crippen LogP contribution in [0.3, 0.4) is 0 Å². The summed E-state index contributed by atoms with van der Waals surface area (Å²) < 4.78 is 10.4. The Morgan fingerprint density at radius 3 is 2.33 bits per heavy atom. The number of hydrogen-bond donors (Lipinski definition) is 2. The van der Waals surface area contributed by atoms with Gasteiger partial charge in [0.15, 0.2) is 0 Å². The van der Waals surface area contributed by atoms with Crippen molar-refractivity contribution in [3.63, 3.8) is 0 Å². The third-order valence-corrected chi connectivity index (χ3v) is 3.25. The zero-order valence-corrected chi connectivity index (χ0v) is 12.4. The van der Waals surface area contributed by atoms with Gasteiger partial charge >= 0.3 is 0 Å².